The second-order valence-corrected chi connectivity index (χ2v) is 6.27. The summed E-state index contributed by atoms with van der Waals surface area (Å²) in [5.74, 6) is 1.63. The molecule has 1 fully saturated rings. The molecule has 0 atom stereocenters. The standard InChI is InChI=1S/C19H25N5O2/c1-26-15-5-6-16(20)17(14-15)22-19(25)7-9-23-10-12-24(13-11-23)18-4-2-3-8-21-18/h2-6,8,14H,7,9-13,20H2,1H3,(H,22,25). The van der Waals surface area contributed by atoms with Gasteiger partial charge in [0.25, 0.3) is 0 Å². The maximum absolute atomic E-state index is 12.2. The SMILES string of the molecule is COc1ccc(N)c(NC(=O)CCN2CCN(c3ccccn3)CC2)c1. The lowest BCUT2D eigenvalue weighted by molar-refractivity contribution is -0.116. The number of anilines is 3. The van der Waals surface area contributed by atoms with Gasteiger partial charge in [0, 0.05) is 51.4 Å². The van der Waals surface area contributed by atoms with Crippen molar-refractivity contribution in [2.75, 3.05) is 55.8 Å². The Kier molecular flexibility index (Phi) is 5.91. The van der Waals surface area contributed by atoms with Gasteiger partial charge >= 0.3 is 0 Å². The van der Waals surface area contributed by atoms with Gasteiger partial charge in [-0.15, -0.1) is 0 Å². The largest absolute Gasteiger partial charge is 0.497 e. The van der Waals surface area contributed by atoms with E-state index in [0.29, 0.717) is 23.5 Å². The summed E-state index contributed by atoms with van der Waals surface area (Å²) in [4.78, 5) is 21.2. The lowest BCUT2D eigenvalue weighted by atomic mass is 10.2. The maximum atomic E-state index is 12.2. The molecular weight excluding hydrogens is 330 g/mol. The first-order valence-corrected chi connectivity index (χ1v) is 8.77. The average Bonchev–Trinajstić information content (AvgIpc) is 2.69. The molecule has 7 nitrogen and oxygen atoms in total. The molecule has 1 aromatic carbocycles. The maximum Gasteiger partial charge on any atom is 0.225 e. The van der Waals surface area contributed by atoms with Crippen LogP contribution in [0.5, 0.6) is 5.75 Å². The molecule has 1 aliphatic rings. The van der Waals surface area contributed by atoms with Crippen LogP contribution in [0.2, 0.25) is 0 Å². The van der Waals surface area contributed by atoms with Crippen LogP contribution in [0, 0.1) is 0 Å². The van der Waals surface area contributed by atoms with E-state index >= 15 is 0 Å². The van der Waals surface area contributed by atoms with Crippen LogP contribution in [-0.2, 0) is 4.79 Å². The van der Waals surface area contributed by atoms with E-state index in [0.717, 1.165) is 38.5 Å². The fraction of sp³-hybridized carbons (Fsp3) is 0.368. The Bertz CT molecular complexity index is 730. The molecular formula is C19H25N5O2. The summed E-state index contributed by atoms with van der Waals surface area (Å²) < 4.78 is 5.17. The van der Waals surface area contributed by atoms with Crippen molar-refractivity contribution in [3.8, 4) is 5.75 Å². The molecule has 3 rings (SSSR count). The predicted molar refractivity (Wildman–Crippen MR) is 104 cm³/mol. The average molecular weight is 355 g/mol. The number of carbonyl (C=O) groups is 1. The monoisotopic (exact) mass is 355 g/mol. The van der Waals surface area contributed by atoms with Gasteiger partial charge in [-0.3, -0.25) is 9.69 Å². The van der Waals surface area contributed by atoms with Crippen molar-refractivity contribution in [2.45, 2.75) is 6.42 Å². The smallest absolute Gasteiger partial charge is 0.225 e. The van der Waals surface area contributed by atoms with Crippen molar-refractivity contribution in [1.29, 1.82) is 0 Å². The van der Waals surface area contributed by atoms with Gasteiger partial charge in [-0.05, 0) is 24.3 Å². The van der Waals surface area contributed by atoms with Crippen LogP contribution < -0.4 is 20.7 Å². The molecule has 1 saturated heterocycles. The third-order valence-electron chi connectivity index (χ3n) is 4.54. The lowest BCUT2D eigenvalue weighted by Crippen LogP contribution is -2.47. The predicted octanol–water partition coefficient (Wildman–Crippen LogP) is 1.82. The van der Waals surface area contributed by atoms with Crippen LogP contribution in [-0.4, -0.2) is 55.6 Å². The third kappa shape index (κ3) is 4.64. The number of nitrogens with zero attached hydrogens (tertiary/aromatic N) is 3. The summed E-state index contributed by atoms with van der Waals surface area (Å²) in [5, 5.41) is 2.87. The molecule has 1 amide bonds. The summed E-state index contributed by atoms with van der Waals surface area (Å²) in [6.45, 7) is 4.41. The van der Waals surface area contributed by atoms with Gasteiger partial charge in [0.05, 0.1) is 18.5 Å². The number of hydrogen-bond acceptors (Lipinski definition) is 6. The fourth-order valence-corrected chi connectivity index (χ4v) is 2.98. The van der Waals surface area contributed by atoms with Gasteiger partial charge < -0.3 is 20.7 Å². The molecule has 0 saturated carbocycles. The van der Waals surface area contributed by atoms with Crippen molar-refractivity contribution < 1.29 is 9.53 Å². The van der Waals surface area contributed by atoms with Crippen molar-refractivity contribution >= 4 is 23.1 Å². The lowest BCUT2D eigenvalue weighted by Gasteiger charge is -2.35. The number of nitrogens with one attached hydrogen (secondary N) is 1. The van der Waals surface area contributed by atoms with Gasteiger partial charge in [0.1, 0.15) is 11.6 Å². The topological polar surface area (TPSA) is 83.7 Å². The molecule has 3 N–H and O–H groups in total. The Hall–Kier alpha value is -2.80. The molecule has 0 spiro atoms. The van der Waals surface area contributed by atoms with Crippen LogP contribution >= 0.6 is 0 Å². The third-order valence-corrected chi connectivity index (χ3v) is 4.54. The molecule has 1 aliphatic heterocycles. The summed E-state index contributed by atoms with van der Waals surface area (Å²) in [7, 11) is 1.59. The van der Waals surface area contributed by atoms with E-state index in [2.05, 4.69) is 20.1 Å². The molecule has 0 unspecified atom stereocenters. The minimum Gasteiger partial charge on any atom is -0.497 e. The highest BCUT2D eigenvalue weighted by molar-refractivity contribution is 5.94. The zero-order valence-corrected chi connectivity index (χ0v) is 15.0. The number of pyridine rings is 1. The summed E-state index contributed by atoms with van der Waals surface area (Å²) in [6.07, 6.45) is 2.25. The van der Waals surface area contributed by atoms with E-state index in [1.165, 1.54) is 0 Å². The van der Waals surface area contributed by atoms with Crippen LogP contribution in [0.4, 0.5) is 17.2 Å². The Morgan fingerprint density at radius 3 is 2.73 bits per heavy atom. The Morgan fingerprint density at radius 1 is 1.23 bits per heavy atom. The van der Waals surface area contributed by atoms with Crippen LogP contribution in [0.3, 0.4) is 0 Å². The highest BCUT2D eigenvalue weighted by Gasteiger charge is 2.18. The number of piperazine rings is 1. The van der Waals surface area contributed by atoms with Gasteiger partial charge in [-0.1, -0.05) is 6.07 Å². The van der Waals surface area contributed by atoms with Crippen molar-refractivity contribution in [2.24, 2.45) is 0 Å². The Balaban J connectivity index is 1.44. The molecule has 26 heavy (non-hydrogen) atoms. The van der Waals surface area contributed by atoms with E-state index in [9.17, 15) is 4.79 Å². The van der Waals surface area contributed by atoms with Gasteiger partial charge in [-0.25, -0.2) is 4.98 Å². The number of ether oxygens (including phenoxy) is 1. The number of benzene rings is 1. The molecule has 2 heterocycles. The Labute approximate surface area is 153 Å². The molecule has 0 bridgehead atoms. The second-order valence-electron chi connectivity index (χ2n) is 6.27. The van der Waals surface area contributed by atoms with E-state index in [4.69, 9.17) is 10.5 Å². The van der Waals surface area contributed by atoms with E-state index in [-0.39, 0.29) is 5.91 Å². The minimum atomic E-state index is -0.0443. The first kappa shape index (κ1) is 18.0. The number of amides is 1. The van der Waals surface area contributed by atoms with Crippen molar-refractivity contribution in [3.63, 3.8) is 0 Å². The molecule has 2 aromatic rings. The first-order chi connectivity index (χ1) is 12.7. The molecule has 138 valence electrons. The molecule has 0 radical (unpaired) electrons. The zero-order valence-electron chi connectivity index (χ0n) is 15.0. The first-order valence-electron chi connectivity index (χ1n) is 8.77. The Morgan fingerprint density at radius 2 is 2.04 bits per heavy atom. The number of rotatable bonds is 6. The van der Waals surface area contributed by atoms with Crippen molar-refractivity contribution in [3.05, 3.63) is 42.6 Å². The van der Waals surface area contributed by atoms with E-state index < -0.39 is 0 Å². The number of nitrogen functional groups attached to an aromatic ring is 1. The van der Waals surface area contributed by atoms with Gasteiger partial charge in [0.2, 0.25) is 5.91 Å². The number of carbonyl (C=O) groups excluding carboxylic acids is 1. The molecule has 1 aromatic heterocycles. The van der Waals surface area contributed by atoms with Crippen LogP contribution in [0.15, 0.2) is 42.6 Å². The van der Waals surface area contributed by atoms with Gasteiger partial charge in [0.15, 0.2) is 0 Å². The fourth-order valence-electron chi connectivity index (χ4n) is 2.98. The number of aromatic nitrogens is 1. The summed E-state index contributed by atoms with van der Waals surface area (Å²) in [5.41, 5.74) is 7.03. The number of nitrogens with two attached hydrogens (primary N) is 1. The van der Waals surface area contributed by atoms with Gasteiger partial charge in [-0.2, -0.15) is 0 Å². The molecule has 0 aliphatic carbocycles. The normalized spacial score (nSPS) is 14.9. The van der Waals surface area contributed by atoms with Crippen LogP contribution in [0.1, 0.15) is 6.42 Å². The number of hydrogen-bond donors (Lipinski definition) is 2. The van der Waals surface area contributed by atoms with E-state index in [1.807, 2.05) is 24.4 Å². The number of methoxy groups -OCH3 is 1. The molecule has 7 heteroatoms. The summed E-state index contributed by atoms with van der Waals surface area (Å²) >= 11 is 0. The highest BCUT2D eigenvalue weighted by atomic mass is 16.5. The zero-order chi connectivity index (χ0) is 18.4. The van der Waals surface area contributed by atoms with E-state index in [1.54, 1.807) is 25.3 Å². The quantitative estimate of drug-likeness (QED) is 0.769. The highest BCUT2D eigenvalue weighted by Crippen LogP contribution is 2.24. The second kappa shape index (κ2) is 8.53. The van der Waals surface area contributed by atoms with Crippen molar-refractivity contribution in [1.82, 2.24) is 9.88 Å². The minimum absolute atomic E-state index is 0.0443. The summed E-state index contributed by atoms with van der Waals surface area (Å²) in [6, 6.07) is 11.2. The van der Waals surface area contributed by atoms with Crippen LogP contribution in [0.25, 0.3) is 0 Å².